The highest BCUT2D eigenvalue weighted by Crippen LogP contribution is 2.34. The number of hydrogen-bond acceptors (Lipinski definition) is 6. The van der Waals surface area contributed by atoms with Crippen LogP contribution in [0.3, 0.4) is 0 Å². The fourth-order valence-electron chi connectivity index (χ4n) is 2.48. The van der Waals surface area contributed by atoms with Crippen LogP contribution in [0.25, 0.3) is 0 Å². The molecule has 0 spiro atoms. The molecule has 0 N–H and O–H groups in total. The third-order valence-corrected chi connectivity index (χ3v) is 3.37. The Labute approximate surface area is 116 Å². The Morgan fingerprint density at radius 2 is 2.40 bits per heavy atom. The largest absolute Gasteiger partial charge is 0.464 e. The number of aryl methyl sites for hydroxylation is 1. The van der Waals surface area contributed by atoms with Crippen LogP contribution >= 0.6 is 0 Å². The van der Waals surface area contributed by atoms with E-state index in [2.05, 4.69) is 4.98 Å². The first-order valence-corrected chi connectivity index (χ1v) is 6.59. The Kier molecular flexibility index (Phi) is 4.16. The molecule has 0 radical (unpaired) electrons. The average Bonchev–Trinajstić information content (AvgIpc) is 2.87. The normalized spacial score (nSPS) is 18.1. The molecule has 7 nitrogen and oxygen atoms in total. The van der Waals surface area contributed by atoms with Crippen molar-refractivity contribution in [2.24, 2.45) is 0 Å². The number of nitrogens with zero attached hydrogens (tertiary/aromatic N) is 3. The Morgan fingerprint density at radius 1 is 1.65 bits per heavy atom. The lowest BCUT2D eigenvalue weighted by atomic mass is 10.2. The molecular weight excluding hydrogens is 262 g/mol. The predicted molar refractivity (Wildman–Crippen MR) is 72.6 cm³/mol. The molecule has 1 atom stereocenters. The molecule has 0 amide bonds. The molecule has 2 rings (SSSR count). The van der Waals surface area contributed by atoms with Gasteiger partial charge < -0.3 is 9.64 Å². The smallest absolute Gasteiger partial charge is 0.328 e. The van der Waals surface area contributed by atoms with Gasteiger partial charge in [0.25, 0.3) is 0 Å². The quantitative estimate of drug-likeness (QED) is 0.475. The average molecular weight is 279 g/mol. The fourth-order valence-corrected chi connectivity index (χ4v) is 2.48. The number of rotatable bonds is 4. The van der Waals surface area contributed by atoms with Crippen LogP contribution in [0, 0.1) is 17.0 Å². The number of ether oxygens (including phenoxy) is 1. The minimum atomic E-state index is -0.483. The number of carbonyl (C=O) groups excluding carboxylic acids is 1. The highest BCUT2D eigenvalue weighted by Gasteiger charge is 2.36. The van der Waals surface area contributed by atoms with Crippen LogP contribution in [-0.4, -0.2) is 35.1 Å². The second-order valence-corrected chi connectivity index (χ2v) is 4.66. The van der Waals surface area contributed by atoms with E-state index >= 15 is 0 Å². The van der Waals surface area contributed by atoms with E-state index in [-0.39, 0.29) is 17.5 Å². The molecule has 108 valence electrons. The lowest BCUT2D eigenvalue weighted by molar-refractivity contribution is -0.384. The van der Waals surface area contributed by atoms with Crippen LogP contribution < -0.4 is 4.90 Å². The summed E-state index contributed by atoms with van der Waals surface area (Å²) in [5.74, 6) is -0.0897. The van der Waals surface area contributed by atoms with Crippen molar-refractivity contribution < 1.29 is 14.5 Å². The maximum Gasteiger partial charge on any atom is 0.328 e. The molecule has 1 fully saturated rings. The SMILES string of the molecule is CCOC(=O)C1CCCN1c1nccc(C)c1[N+](=O)[O-]. The zero-order valence-electron chi connectivity index (χ0n) is 11.5. The monoisotopic (exact) mass is 279 g/mol. The predicted octanol–water partition coefficient (Wildman–Crippen LogP) is 1.83. The van der Waals surface area contributed by atoms with Crippen LogP contribution in [0.1, 0.15) is 25.3 Å². The van der Waals surface area contributed by atoms with Gasteiger partial charge in [-0.25, -0.2) is 9.78 Å². The summed E-state index contributed by atoms with van der Waals surface area (Å²) in [6.45, 7) is 4.27. The molecule has 1 unspecified atom stereocenters. The molecule has 1 aromatic rings. The van der Waals surface area contributed by atoms with Gasteiger partial charge in [0.1, 0.15) is 6.04 Å². The van der Waals surface area contributed by atoms with Crippen LogP contribution in [0.2, 0.25) is 0 Å². The van der Waals surface area contributed by atoms with E-state index in [0.717, 1.165) is 6.42 Å². The van der Waals surface area contributed by atoms with E-state index in [0.29, 0.717) is 25.1 Å². The molecule has 2 heterocycles. The topological polar surface area (TPSA) is 85.6 Å². The van der Waals surface area contributed by atoms with Gasteiger partial charge in [0, 0.05) is 18.3 Å². The second-order valence-electron chi connectivity index (χ2n) is 4.66. The third-order valence-electron chi connectivity index (χ3n) is 3.37. The number of aromatic nitrogens is 1. The number of pyridine rings is 1. The molecule has 1 aliphatic rings. The molecule has 1 aromatic heterocycles. The third kappa shape index (κ3) is 2.56. The van der Waals surface area contributed by atoms with Crippen LogP contribution in [0.5, 0.6) is 0 Å². The summed E-state index contributed by atoms with van der Waals surface area (Å²) in [7, 11) is 0. The molecule has 20 heavy (non-hydrogen) atoms. The maximum atomic E-state index is 11.9. The zero-order valence-corrected chi connectivity index (χ0v) is 11.5. The van der Waals surface area contributed by atoms with E-state index in [9.17, 15) is 14.9 Å². The second kappa shape index (κ2) is 5.85. The highest BCUT2D eigenvalue weighted by atomic mass is 16.6. The minimum absolute atomic E-state index is 0.0382. The molecule has 7 heteroatoms. The van der Waals surface area contributed by atoms with Gasteiger partial charge in [0.2, 0.25) is 5.82 Å². The summed E-state index contributed by atoms with van der Waals surface area (Å²) in [6.07, 6.45) is 2.94. The molecular formula is C13H17N3O4. The van der Waals surface area contributed by atoms with Gasteiger partial charge in [-0.1, -0.05) is 0 Å². The highest BCUT2D eigenvalue weighted by molar-refractivity contribution is 5.81. The van der Waals surface area contributed by atoms with Crippen molar-refractivity contribution in [1.82, 2.24) is 4.98 Å². The number of nitro groups is 1. The summed E-state index contributed by atoms with van der Waals surface area (Å²) in [4.78, 5) is 28.5. The molecule has 0 saturated carbocycles. The van der Waals surface area contributed by atoms with Gasteiger partial charge in [0.15, 0.2) is 0 Å². The first-order chi connectivity index (χ1) is 9.56. The van der Waals surface area contributed by atoms with Crippen molar-refractivity contribution in [2.75, 3.05) is 18.1 Å². The van der Waals surface area contributed by atoms with Crippen molar-refractivity contribution in [1.29, 1.82) is 0 Å². The Bertz CT molecular complexity index is 532. The number of carbonyl (C=O) groups is 1. The van der Waals surface area contributed by atoms with Crippen molar-refractivity contribution in [3.05, 3.63) is 27.9 Å². The fraction of sp³-hybridized carbons (Fsp3) is 0.538. The van der Waals surface area contributed by atoms with Gasteiger partial charge in [0.05, 0.1) is 11.5 Å². The molecule has 0 aromatic carbocycles. The number of anilines is 1. The Morgan fingerprint density at radius 3 is 3.05 bits per heavy atom. The number of hydrogen-bond donors (Lipinski definition) is 0. The van der Waals surface area contributed by atoms with Crippen LogP contribution in [-0.2, 0) is 9.53 Å². The van der Waals surface area contributed by atoms with Gasteiger partial charge in [-0.15, -0.1) is 0 Å². The summed E-state index contributed by atoms with van der Waals surface area (Å²) < 4.78 is 5.03. The van der Waals surface area contributed by atoms with Crippen LogP contribution in [0.15, 0.2) is 12.3 Å². The van der Waals surface area contributed by atoms with E-state index < -0.39 is 11.0 Å². The van der Waals surface area contributed by atoms with Gasteiger partial charge >= 0.3 is 11.7 Å². The summed E-state index contributed by atoms with van der Waals surface area (Å²) >= 11 is 0. The molecule has 0 aliphatic carbocycles. The summed E-state index contributed by atoms with van der Waals surface area (Å²) in [5.41, 5.74) is 0.498. The van der Waals surface area contributed by atoms with E-state index in [1.807, 2.05) is 0 Å². The van der Waals surface area contributed by atoms with E-state index in [1.165, 1.54) is 6.20 Å². The van der Waals surface area contributed by atoms with E-state index in [1.54, 1.807) is 24.8 Å². The van der Waals surface area contributed by atoms with Crippen LogP contribution in [0.4, 0.5) is 11.5 Å². The zero-order chi connectivity index (χ0) is 14.7. The standard InChI is InChI=1S/C13H17N3O4/c1-3-20-13(17)10-5-4-8-15(10)12-11(16(18)19)9(2)6-7-14-12/h6-7,10H,3-5,8H2,1-2H3. The first-order valence-electron chi connectivity index (χ1n) is 6.59. The van der Waals surface area contributed by atoms with E-state index in [4.69, 9.17) is 4.74 Å². The molecule has 0 bridgehead atoms. The van der Waals surface area contributed by atoms with Crippen molar-refractivity contribution in [3.8, 4) is 0 Å². The van der Waals surface area contributed by atoms with Gasteiger partial charge in [-0.2, -0.15) is 0 Å². The van der Waals surface area contributed by atoms with Gasteiger partial charge in [-0.05, 0) is 32.8 Å². The van der Waals surface area contributed by atoms with Gasteiger partial charge in [-0.3, -0.25) is 10.1 Å². The number of esters is 1. The summed E-state index contributed by atoms with van der Waals surface area (Å²) in [6, 6.07) is 1.11. The lowest BCUT2D eigenvalue weighted by Crippen LogP contribution is -2.38. The maximum absolute atomic E-state index is 11.9. The summed E-state index contributed by atoms with van der Waals surface area (Å²) in [5, 5.41) is 11.2. The Hall–Kier alpha value is -2.18. The minimum Gasteiger partial charge on any atom is -0.464 e. The lowest BCUT2D eigenvalue weighted by Gasteiger charge is -2.23. The van der Waals surface area contributed by atoms with Crippen molar-refractivity contribution in [3.63, 3.8) is 0 Å². The Balaban J connectivity index is 2.38. The first kappa shape index (κ1) is 14.2. The molecule has 1 aliphatic heterocycles. The molecule has 1 saturated heterocycles. The van der Waals surface area contributed by atoms with Crippen molar-refractivity contribution in [2.45, 2.75) is 32.7 Å². The van der Waals surface area contributed by atoms with Crippen molar-refractivity contribution >= 4 is 17.5 Å².